The van der Waals surface area contributed by atoms with Gasteiger partial charge in [0.1, 0.15) is 5.75 Å². The topological polar surface area (TPSA) is 29.5 Å². The van der Waals surface area contributed by atoms with E-state index in [0.29, 0.717) is 0 Å². The normalized spacial score (nSPS) is 13.1. The molecule has 0 aliphatic heterocycles. The summed E-state index contributed by atoms with van der Waals surface area (Å²) in [6.07, 6.45) is 3.41. The smallest absolute Gasteiger partial charge is 0.115 e. The van der Waals surface area contributed by atoms with Gasteiger partial charge in [-0.3, -0.25) is 0 Å². The number of benzene rings is 1. The zero-order chi connectivity index (χ0) is 9.68. The molecule has 0 saturated heterocycles. The number of phenolic OH excluding ortho intramolecular Hbond substituents is 1. The average molecular weight is 177 g/mol. The number of allylic oxidation sites excluding steroid dienone is 1. The second-order valence-electron chi connectivity index (χ2n) is 2.77. The number of aromatic hydroxyl groups is 1. The van der Waals surface area contributed by atoms with Crippen LogP contribution in [-0.4, -0.2) is 12.2 Å². The Balaban J connectivity index is 2.76. The molecule has 0 bridgehead atoms. The van der Waals surface area contributed by atoms with Gasteiger partial charge in [0.15, 0.2) is 0 Å². The van der Waals surface area contributed by atoms with E-state index in [0.717, 1.165) is 5.56 Å². The van der Waals surface area contributed by atoms with Crippen LogP contribution in [0.1, 0.15) is 11.5 Å². The minimum Gasteiger partial charge on any atom is -0.508 e. The van der Waals surface area contributed by atoms with Gasteiger partial charge in [0.05, 0.1) is 13.4 Å². The van der Waals surface area contributed by atoms with Gasteiger partial charge in [-0.05, 0) is 30.7 Å². The van der Waals surface area contributed by atoms with Crippen molar-refractivity contribution >= 4 is 0 Å². The first kappa shape index (κ1) is 9.65. The molecule has 1 rings (SSSR count). The zero-order valence-electron chi connectivity index (χ0n) is 7.60. The Hall–Kier alpha value is -1.44. The molecule has 1 N–H and O–H groups in total. The second-order valence-corrected chi connectivity index (χ2v) is 2.77. The van der Waals surface area contributed by atoms with E-state index in [4.69, 9.17) is 4.74 Å². The Labute approximate surface area is 78.5 Å². The van der Waals surface area contributed by atoms with Crippen molar-refractivity contribution in [2.75, 3.05) is 7.11 Å². The molecule has 1 atom stereocenters. The van der Waals surface area contributed by atoms with Gasteiger partial charge in [-0.25, -0.2) is 0 Å². The molecule has 1 aromatic rings. The van der Waals surface area contributed by atoms with Crippen molar-refractivity contribution in [1.82, 2.24) is 0 Å². The largest absolute Gasteiger partial charge is 0.508 e. The van der Waals surface area contributed by atoms with Crippen molar-refractivity contribution in [3.8, 4) is 5.75 Å². The van der Waals surface area contributed by atoms with E-state index < -0.39 is 0 Å². The van der Waals surface area contributed by atoms with Crippen LogP contribution in [0.5, 0.6) is 5.75 Å². The Morgan fingerprint density at radius 3 is 2.92 bits per heavy atom. The van der Waals surface area contributed by atoms with Crippen LogP contribution in [0.3, 0.4) is 0 Å². The molecule has 2 heteroatoms. The molecule has 69 valence electrons. The Morgan fingerprint density at radius 1 is 1.54 bits per heavy atom. The van der Waals surface area contributed by atoms with Crippen LogP contribution in [0.2, 0.25) is 0 Å². The number of hydrogen-bond donors (Lipinski definition) is 1. The molecule has 1 aromatic carbocycles. The van der Waals surface area contributed by atoms with Crippen LogP contribution in [-0.2, 0) is 4.74 Å². The van der Waals surface area contributed by atoms with Crippen LogP contribution >= 0.6 is 0 Å². The van der Waals surface area contributed by atoms with E-state index in [1.54, 1.807) is 31.6 Å². The minimum atomic E-state index is 0.00653. The first-order valence-electron chi connectivity index (χ1n) is 4.05. The first-order valence-corrected chi connectivity index (χ1v) is 4.05. The first-order chi connectivity index (χ1) is 6.24. The summed E-state index contributed by atoms with van der Waals surface area (Å²) in [4.78, 5) is 0. The van der Waals surface area contributed by atoms with Gasteiger partial charge in [-0.2, -0.15) is 0 Å². The quantitative estimate of drug-likeness (QED) is 0.719. The molecule has 0 aliphatic rings. The molecular formula is C11H13O2. The number of methoxy groups -OCH3 is 1. The third-order valence-electron chi connectivity index (χ3n) is 1.75. The maximum Gasteiger partial charge on any atom is 0.115 e. The van der Waals surface area contributed by atoms with E-state index in [2.05, 4.69) is 6.92 Å². The van der Waals surface area contributed by atoms with Gasteiger partial charge in [0.25, 0.3) is 0 Å². The van der Waals surface area contributed by atoms with E-state index in [9.17, 15) is 5.11 Å². The molecule has 1 radical (unpaired) electrons. The number of rotatable bonds is 3. The highest BCUT2D eigenvalue weighted by Crippen LogP contribution is 2.20. The number of hydrogen-bond acceptors (Lipinski definition) is 2. The second kappa shape index (κ2) is 4.55. The van der Waals surface area contributed by atoms with Gasteiger partial charge in [0.2, 0.25) is 0 Å². The Bertz CT molecular complexity index is 292. The summed E-state index contributed by atoms with van der Waals surface area (Å²) in [5.41, 5.74) is 0.966. The highest BCUT2D eigenvalue weighted by atomic mass is 16.5. The highest BCUT2D eigenvalue weighted by Gasteiger charge is 2.01. The van der Waals surface area contributed by atoms with Gasteiger partial charge in [-0.15, -0.1) is 0 Å². The molecule has 2 nitrogen and oxygen atoms in total. The Kier molecular flexibility index (Phi) is 3.38. The minimum absolute atomic E-state index is 0.00653. The van der Waals surface area contributed by atoms with Gasteiger partial charge >= 0.3 is 0 Å². The summed E-state index contributed by atoms with van der Waals surface area (Å²) in [6.45, 7) is 3.91. The van der Waals surface area contributed by atoms with Crippen molar-refractivity contribution in [3.63, 3.8) is 0 Å². The molecule has 0 aromatic heterocycles. The lowest BCUT2D eigenvalue weighted by Crippen LogP contribution is -1.88. The van der Waals surface area contributed by atoms with E-state index in [-0.39, 0.29) is 11.7 Å². The van der Waals surface area contributed by atoms with E-state index in [1.165, 1.54) is 0 Å². The third-order valence-corrected chi connectivity index (χ3v) is 1.75. The molecular weight excluding hydrogens is 164 g/mol. The Morgan fingerprint density at radius 2 is 2.31 bits per heavy atom. The molecule has 0 saturated carbocycles. The van der Waals surface area contributed by atoms with Gasteiger partial charge in [-0.1, -0.05) is 12.1 Å². The summed E-state index contributed by atoms with van der Waals surface area (Å²) in [6, 6.07) is 7.04. The summed E-state index contributed by atoms with van der Waals surface area (Å²) in [7, 11) is 1.59. The fourth-order valence-electron chi connectivity index (χ4n) is 1.04. The summed E-state index contributed by atoms with van der Waals surface area (Å²) in [5, 5.41) is 9.20. The van der Waals surface area contributed by atoms with Crippen molar-refractivity contribution in [1.29, 1.82) is 0 Å². The molecule has 0 heterocycles. The van der Waals surface area contributed by atoms with E-state index >= 15 is 0 Å². The van der Waals surface area contributed by atoms with Crippen molar-refractivity contribution in [3.05, 3.63) is 49.1 Å². The SMILES string of the molecule is [CH2]C(C=COC)c1cccc(O)c1. The third kappa shape index (κ3) is 2.82. The zero-order valence-corrected chi connectivity index (χ0v) is 7.60. The molecule has 0 amide bonds. The predicted molar refractivity (Wildman–Crippen MR) is 52.4 cm³/mol. The lowest BCUT2D eigenvalue weighted by atomic mass is 10.0. The highest BCUT2D eigenvalue weighted by molar-refractivity contribution is 5.32. The lowest BCUT2D eigenvalue weighted by Gasteiger charge is -2.05. The predicted octanol–water partition coefficient (Wildman–Crippen LogP) is 2.47. The number of phenols is 1. The summed E-state index contributed by atoms with van der Waals surface area (Å²) < 4.78 is 4.78. The fraction of sp³-hybridized carbons (Fsp3) is 0.182. The van der Waals surface area contributed by atoms with Crippen LogP contribution in [0.25, 0.3) is 0 Å². The van der Waals surface area contributed by atoms with Crippen LogP contribution < -0.4 is 0 Å². The maximum atomic E-state index is 9.20. The lowest BCUT2D eigenvalue weighted by molar-refractivity contribution is 0.336. The molecule has 0 aliphatic carbocycles. The van der Waals surface area contributed by atoms with Crippen molar-refractivity contribution in [2.24, 2.45) is 0 Å². The van der Waals surface area contributed by atoms with Crippen LogP contribution in [0.15, 0.2) is 36.6 Å². The van der Waals surface area contributed by atoms with Gasteiger partial charge < -0.3 is 9.84 Å². The standard InChI is InChI=1S/C11H13O2/c1-9(6-7-13-2)10-4-3-5-11(12)8-10/h3-9,12H,1H2,2H3. The number of ether oxygens (including phenoxy) is 1. The summed E-state index contributed by atoms with van der Waals surface area (Å²) in [5.74, 6) is 0.268. The maximum absolute atomic E-state index is 9.20. The summed E-state index contributed by atoms with van der Waals surface area (Å²) >= 11 is 0. The van der Waals surface area contributed by atoms with Gasteiger partial charge in [0, 0.05) is 5.92 Å². The van der Waals surface area contributed by atoms with Crippen molar-refractivity contribution in [2.45, 2.75) is 5.92 Å². The molecule has 13 heavy (non-hydrogen) atoms. The van der Waals surface area contributed by atoms with Crippen LogP contribution in [0, 0.1) is 6.92 Å². The molecule has 0 fully saturated rings. The molecule has 0 spiro atoms. The van der Waals surface area contributed by atoms with E-state index in [1.807, 2.05) is 12.1 Å². The van der Waals surface area contributed by atoms with Crippen molar-refractivity contribution < 1.29 is 9.84 Å². The molecule has 1 unspecified atom stereocenters. The average Bonchev–Trinajstić information content (AvgIpc) is 2.14. The van der Waals surface area contributed by atoms with Crippen LogP contribution in [0.4, 0.5) is 0 Å². The fourth-order valence-corrected chi connectivity index (χ4v) is 1.04. The monoisotopic (exact) mass is 177 g/mol.